The lowest BCUT2D eigenvalue weighted by molar-refractivity contribution is 0.416. The molecule has 0 aliphatic heterocycles. The lowest BCUT2D eigenvalue weighted by Gasteiger charge is -2.09. The monoisotopic (exact) mass is 285 g/mol. The van der Waals surface area contributed by atoms with Crippen LogP contribution in [0.3, 0.4) is 0 Å². The molecule has 0 saturated carbocycles. The molecule has 0 aliphatic carbocycles. The highest BCUT2D eigenvalue weighted by Crippen LogP contribution is 2.26. The van der Waals surface area contributed by atoms with Gasteiger partial charge >= 0.3 is 0 Å². The van der Waals surface area contributed by atoms with E-state index in [-0.39, 0.29) is 5.71 Å². The number of nitrogens with one attached hydrogen (secondary N) is 2. The summed E-state index contributed by atoms with van der Waals surface area (Å²) in [5, 5.41) is 30.5. The third kappa shape index (κ3) is 3.10. The van der Waals surface area contributed by atoms with Crippen LogP contribution in [0, 0.1) is 16.7 Å². The van der Waals surface area contributed by atoms with Gasteiger partial charge in [-0.2, -0.15) is 10.4 Å². The molecule has 0 amide bonds. The van der Waals surface area contributed by atoms with Crippen LogP contribution in [-0.4, -0.2) is 38.9 Å². The summed E-state index contributed by atoms with van der Waals surface area (Å²) < 4.78 is 6.69. The van der Waals surface area contributed by atoms with E-state index in [2.05, 4.69) is 26.1 Å². The van der Waals surface area contributed by atoms with Crippen molar-refractivity contribution in [3.05, 3.63) is 24.5 Å². The number of hydrogen-bond donors (Lipinski definition) is 3. The number of ether oxygens (including phenoxy) is 1. The average Bonchev–Trinajstić information content (AvgIpc) is 3.02. The topological polar surface area (TPSA) is 151 Å². The molecule has 0 fully saturated rings. The highest BCUT2D eigenvalue weighted by Gasteiger charge is 2.07. The van der Waals surface area contributed by atoms with E-state index >= 15 is 0 Å². The Hall–Kier alpha value is -3.48. The first-order valence-electron chi connectivity index (χ1n) is 5.65. The Morgan fingerprint density at radius 3 is 2.95 bits per heavy atom. The van der Waals surface area contributed by atoms with Gasteiger partial charge in [-0.3, -0.25) is 10.8 Å². The summed E-state index contributed by atoms with van der Waals surface area (Å²) in [6.45, 7) is 0. The summed E-state index contributed by atoms with van der Waals surface area (Å²) in [6.07, 6.45) is 1.45. The number of methoxy groups -OCH3 is 1. The van der Waals surface area contributed by atoms with Gasteiger partial charge in [-0.15, -0.1) is 5.10 Å². The molecule has 0 atom stereocenters. The molecule has 10 heteroatoms. The van der Waals surface area contributed by atoms with E-state index in [0.717, 1.165) is 0 Å². The van der Waals surface area contributed by atoms with Gasteiger partial charge in [0.25, 0.3) is 0 Å². The number of hydrazone groups is 1. The molecule has 1 heterocycles. The van der Waals surface area contributed by atoms with Gasteiger partial charge in [-0.25, -0.2) is 4.68 Å². The zero-order chi connectivity index (χ0) is 15.2. The molecule has 1 aromatic heterocycles. The van der Waals surface area contributed by atoms with Gasteiger partial charge in [0.05, 0.1) is 18.5 Å². The number of rotatable bonds is 5. The maximum absolute atomic E-state index is 8.77. The molecule has 21 heavy (non-hydrogen) atoms. The Balaban J connectivity index is 2.29. The van der Waals surface area contributed by atoms with Gasteiger partial charge in [0, 0.05) is 6.07 Å². The van der Waals surface area contributed by atoms with Crippen molar-refractivity contribution < 1.29 is 4.74 Å². The fourth-order valence-electron chi connectivity index (χ4n) is 1.46. The third-order valence-corrected chi connectivity index (χ3v) is 2.45. The molecule has 2 rings (SSSR count). The average molecular weight is 285 g/mol. The predicted molar refractivity (Wildman–Crippen MR) is 74.3 cm³/mol. The van der Waals surface area contributed by atoms with E-state index < -0.39 is 5.84 Å². The predicted octanol–water partition coefficient (Wildman–Crippen LogP) is -0.102. The number of nitriles is 1. The zero-order valence-electron chi connectivity index (χ0n) is 11.0. The molecule has 10 nitrogen and oxygen atoms in total. The van der Waals surface area contributed by atoms with Crippen LogP contribution in [0.1, 0.15) is 0 Å². The summed E-state index contributed by atoms with van der Waals surface area (Å²) >= 11 is 0. The van der Waals surface area contributed by atoms with Crippen molar-refractivity contribution in [2.45, 2.75) is 0 Å². The Morgan fingerprint density at radius 1 is 1.57 bits per heavy atom. The van der Waals surface area contributed by atoms with E-state index in [1.807, 2.05) is 0 Å². The minimum absolute atomic E-state index is 0.221. The quantitative estimate of drug-likeness (QED) is 0.394. The van der Waals surface area contributed by atoms with Crippen LogP contribution in [0.5, 0.6) is 5.75 Å². The Labute approximate surface area is 119 Å². The third-order valence-electron chi connectivity index (χ3n) is 2.45. The van der Waals surface area contributed by atoms with Gasteiger partial charge in [0.1, 0.15) is 18.1 Å². The van der Waals surface area contributed by atoms with Crippen molar-refractivity contribution in [3.8, 4) is 17.5 Å². The molecule has 0 unspecified atom stereocenters. The molecule has 1 aromatic carbocycles. The lowest BCUT2D eigenvalue weighted by Crippen LogP contribution is -2.21. The SMILES string of the molecule is COc1cc(-n2cnnn2)ccc1N/N=C(\C#N)C(=N)N. The Kier molecular flexibility index (Phi) is 4.06. The first kappa shape index (κ1) is 13.9. The summed E-state index contributed by atoms with van der Waals surface area (Å²) in [4.78, 5) is 0. The maximum atomic E-state index is 8.77. The molecule has 0 saturated heterocycles. The number of benzene rings is 1. The van der Waals surface area contributed by atoms with Crippen LogP contribution in [0.15, 0.2) is 29.6 Å². The zero-order valence-corrected chi connectivity index (χ0v) is 11.0. The number of tetrazole rings is 1. The minimum atomic E-state index is -0.422. The molecule has 4 N–H and O–H groups in total. The second-order valence-electron chi connectivity index (χ2n) is 3.74. The molecule has 2 aromatic rings. The number of nitrogens with two attached hydrogens (primary N) is 1. The maximum Gasteiger partial charge on any atom is 0.201 e. The van der Waals surface area contributed by atoms with E-state index in [9.17, 15) is 0 Å². The van der Waals surface area contributed by atoms with Crippen molar-refractivity contribution in [2.75, 3.05) is 12.5 Å². The Morgan fingerprint density at radius 2 is 2.38 bits per heavy atom. The normalized spacial score (nSPS) is 10.8. The highest BCUT2D eigenvalue weighted by atomic mass is 16.5. The van der Waals surface area contributed by atoms with E-state index in [1.165, 1.54) is 18.1 Å². The number of anilines is 1. The standard InChI is InChI=1S/C11H11N9O/c1-21-10-4-7(20-6-15-18-19-20)2-3-8(10)16-17-9(5-12)11(13)14/h2-4,6,16H,1H3,(H3,13,14)/b17-9+. The Bertz CT molecular complexity index is 714. The summed E-state index contributed by atoms with van der Waals surface area (Å²) in [5.74, 6) is 0.0434. The number of nitrogens with zero attached hydrogens (tertiary/aromatic N) is 6. The van der Waals surface area contributed by atoms with Gasteiger partial charge in [-0.1, -0.05) is 0 Å². The summed E-state index contributed by atoms with van der Waals surface area (Å²) in [6, 6.07) is 6.81. The minimum Gasteiger partial charge on any atom is -0.494 e. The summed E-state index contributed by atoms with van der Waals surface area (Å²) in [7, 11) is 1.49. The fourth-order valence-corrected chi connectivity index (χ4v) is 1.46. The van der Waals surface area contributed by atoms with Crippen LogP contribution < -0.4 is 15.9 Å². The first-order chi connectivity index (χ1) is 10.2. The molecular formula is C11H11N9O. The molecule has 0 spiro atoms. The van der Waals surface area contributed by atoms with Crippen LogP contribution in [-0.2, 0) is 0 Å². The number of aromatic nitrogens is 4. The molecule has 0 radical (unpaired) electrons. The molecule has 0 bridgehead atoms. The van der Waals surface area contributed by atoms with Gasteiger partial charge in [0.15, 0.2) is 5.84 Å². The summed E-state index contributed by atoms with van der Waals surface area (Å²) in [5.41, 5.74) is 8.81. The van der Waals surface area contributed by atoms with Gasteiger partial charge < -0.3 is 10.5 Å². The number of hydrogen-bond acceptors (Lipinski definition) is 8. The highest BCUT2D eigenvalue weighted by molar-refractivity contribution is 6.45. The molecule has 106 valence electrons. The molecular weight excluding hydrogens is 274 g/mol. The van der Waals surface area contributed by atoms with Gasteiger partial charge in [0.2, 0.25) is 5.71 Å². The van der Waals surface area contributed by atoms with Crippen molar-refractivity contribution in [1.82, 2.24) is 20.2 Å². The molecule has 0 aliphatic rings. The second kappa shape index (κ2) is 6.11. The largest absolute Gasteiger partial charge is 0.494 e. The number of amidine groups is 1. The lowest BCUT2D eigenvalue weighted by atomic mass is 10.2. The fraction of sp³-hybridized carbons (Fsp3) is 0.0909. The van der Waals surface area contributed by atoms with Crippen molar-refractivity contribution in [1.29, 1.82) is 10.7 Å². The van der Waals surface area contributed by atoms with Crippen molar-refractivity contribution in [2.24, 2.45) is 10.8 Å². The van der Waals surface area contributed by atoms with Crippen LogP contribution in [0.2, 0.25) is 0 Å². The van der Waals surface area contributed by atoms with E-state index in [1.54, 1.807) is 24.3 Å². The smallest absolute Gasteiger partial charge is 0.201 e. The van der Waals surface area contributed by atoms with E-state index in [4.69, 9.17) is 21.1 Å². The van der Waals surface area contributed by atoms with Crippen molar-refractivity contribution >= 4 is 17.2 Å². The van der Waals surface area contributed by atoms with Crippen LogP contribution in [0.4, 0.5) is 5.69 Å². The van der Waals surface area contributed by atoms with Crippen LogP contribution >= 0.6 is 0 Å². The van der Waals surface area contributed by atoms with E-state index in [0.29, 0.717) is 17.1 Å². The second-order valence-corrected chi connectivity index (χ2v) is 3.74. The van der Waals surface area contributed by atoms with Crippen molar-refractivity contribution in [3.63, 3.8) is 0 Å². The van der Waals surface area contributed by atoms with Crippen LogP contribution in [0.25, 0.3) is 5.69 Å². The first-order valence-corrected chi connectivity index (χ1v) is 5.65. The van der Waals surface area contributed by atoms with Gasteiger partial charge in [-0.05, 0) is 22.6 Å².